The molecule has 0 aliphatic heterocycles. The Morgan fingerprint density at radius 3 is 2.63 bits per heavy atom. The third-order valence-corrected chi connectivity index (χ3v) is 5.32. The van der Waals surface area contributed by atoms with Crippen LogP contribution in [0.1, 0.15) is 52.6 Å². The van der Waals surface area contributed by atoms with Gasteiger partial charge in [-0.05, 0) is 49.4 Å². The second-order valence-electron chi connectivity index (χ2n) is 6.55. The Kier molecular flexibility index (Phi) is 6.24. The van der Waals surface area contributed by atoms with Crippen LogP contribution in [0.25, 0.3) is 0 Å². The quantitative estimate of drug-likeness (QED) is 0.743. The molecule has 0 radical (unpaired) electrons. The number of ether oxygens (including phenoxy) is 1. The van der Waals surface area contributed by atoms with Crippen molar-refractivity contribution in [3.05, 3.63) is 52.2 Å². The Labute approximate surface area is 161 Å². The first-order valence-electron chi connectivity index (χ1n) is 8.99. The van der Waals surface area contributed by atoms with Gasteiger partial charge in [-0.3, -0.25) is 9.59 Å². The Bertz CT molecular complexity index is 813. The number of carbonyl (C=O) groups excluding carboxylic acids is 3. The molecule has 0 saturated heterocycles. The van der Waals surface area contributed by atoms with Gasteiger partial charge in [0, 0.05) is 11.7 Å². The number of carbonyl (C=O) groups is 3. The van der Waals surface area contributed by atoms with Gasteiger partial charge in [0.05, 0.1) is 10.4 Å². The monoisotopic (exact) mass is 386 g/mol. The second-order valence-corrected chi connectivity index (χ2v) is 7.50. The van der Waals surface area contributed by atoms with Crippen molar-refractivity contribution in [1.29, 1.82) is 0 Å². The maximum absolute atomic E-state index is 12.4. The van der Waals surface area contributed by atoms with Crippen LogP contribution in [0.5, 0.6) is 0 Å². The predicted octanol–water partition coefficient (Wildman–Crippen LogP) is 3.60. The van der Waals surface area contributed by atoms with Crippen molar-refractivity contribution in [1.82, 2.24) is 5.32 Å². The Morgan fingerprint density at radius 2 is 1.93 bits per heavy atom. The standard InChI is InChI=1S/C20H22N2O4S/c1-13(18(23)21-15-7-2-3-8-15)26-20(25)14-6-4-9-16(12-14)22-19(24)17-10-5-11-27-17/h4-6,9-13,15H,2-3,7-8H2,1H3,(H,21,23)(H,22,24). The summed E-state index contributed by atoms with van der Waals surface area (Å²) in [6.45, 7) is 1.56. The van der Waals surface area contributed by atoms with Gasteiger partial charge in [-0.15, -0.1) is 11.3 Å². The SMILES string of the molecule is CC(OC(=O)c1cccc(NC(=O)c2cccs2)c1)C(=O)NC1CCCC1. The molecule has 0 spiro atoms. The molecule has 2 N–H and O–H groups in total. The molecule has 1 aromatic carbocycles. The smallest absolute Gasteiger partial charge is 0.338 e. The first kappa shape index (κ1) is 19.1. The molecule has 1 saturated carbocycles. The molecule has 1 unspecified atom stereocenters. The number of anilines is 1. The zero-order valence-corrected chi connectivity index (χ0v) is 15.9. The maximum Gasteiger partial charge on any atom is 0.338 e. The molecular formula is C20H22N2O4S. The molecule has 0 bridgehead atoms. The fourth-order valence-corrected chi connectivity index (χ4v) is 3.61. The van der Waals surface area contributed by atoms with Crippen LogP contribution >= 0.6 is 11.3 Å². The van der Waals surface area contributed by atoms with Crippen LogP contribution in [-0.2, 0) is 9.53 Å². The summed E-state index contributed by atoms with van der Waals surface area (Å²) >= 11 is 1.34. The third kappa shape index (κ3) is 5.17. The van der Waals surface area contributed by atoms with E-state index in [9.17, 15) is 14.4 Å². The van der Waals surface area contributed by atoms with Crippen LogP contribution in [0.4, 0.5) is 5.69 Å². The van der Waals surface area contributed by atoms with E-state index in [-0.39, 0.29) is 23.4 Å². The normalized spacial score (nSPS) is 15.1. The molecule has 2 amide bonds. The average Bonchev–Trinajstić information content (AvgIpc) is 3.35. The molecule has 2 aromatic rings. The van der Waals surface area contributed by atoms with Crippen molar-refractivity contribution in [2.24, 2.45) is 0 Å². The highest BCUT2D eigenvalue weighted by Crippen LogP contribution is 2.18. The van der Waals surface area contributed by atoms with Gasteiger partial charge in [-0.25, -0.2) is 4.79 Å². The van der Waals surface area contributed by atoms with E-state index < -0.39 is 12.1 Å². The van der Waals surface area contributed by atoms with Crippen LogP contribution in [0.2, 0.25) is 0 Å². The number of hydrogen-bond donors (Lipinski definition) is 2. The van der Waals surface area contributed by atoms with Gasteiger partial charge in [-0.2, -0.15) is 0 Å². The Hall–Kier alpha value is -2.67. The van der Waals surface area contributed by atoms with Crippen LogP contribution in [0, 0.1) is 0 Å². The van der Waals surface area contributed by atoms with Gasteiger partial charge in [-0.1, -0.05) is 25.0 Å². The first-order valence-corrected chi connectivity index (χ1v) is 9.87. The van der Waals surface area contributed by atoms with Gasteiger partial charge in [0.25, 0.3) is 11.8 Å². The Balaban J connectivity index is 1.57. The number of nitrogens with one attached hydrogen (secondary N) is 2. The summed E-state index contributed by atoms with van der Waals surface area (Å²) in [7, 11) is 0. The minimum Gasteiger partial charge on any atom is -0.449 e. The molecule has 1 heterocycles. The van der Waals surface area contributed by atoms with Crippen LogP contribution in [-0.4, -0.2) is 29.9 Å². The highest BCUT2D eigenvalue weighted by molar-refractivity contribution is 7.12. The van der Waals surface area contributed by atoms with Crippen LogP contribution < -0.4 is 10.6 Å². The minimum absolute atomic E-state index is 0.175. The fourth-order valence-electron chi connectivity index (χ4n) is 3.00. The van der Waals surface area contributed by atoms with Gasteiger partial charge >= 0.3 is 5.97 Å². The number of thiophene rings is 1. The minimum atomic E-state index is -0.873. The second kappa shape index (κ2) is 8.81. The predicted molar refractivity (Wildman–Crippen MR) is 104 cm³/mol. The highest BCUT2D eigenvalue weighted by atomic mass is 32.1. The number of benzene rings is 1. The van der Waals surface area contributed by atoms with E-state index in [1.165, 1.54) is 17.4 Å². The molecule has 1 aliphatic rings. The highest BCUT2D eigenvalue weighted by Gasteiger charge is 2.23. The molecule has 3 rings (SSSR count). The van der Waals surface area contributed by atoms with E-state index in [0.29, 0.717) is 10.6 Å². The van der Waals surface area contributed by atoms with Gasteiger partial charge in [0.1, 0.15) is 0 Å². The summed E-state index contributed by atoms with van der Waals surface area (Å²) in [6, 6.07) is 10.2. The van der Waals surface area contributed by atoms with E-state index in [0.717, 1.165) is 25.7 Å². The number of rotatable bonds is 6. The van der Waals surface area contributed by atoms with E-state index >= 15 is 0 Å². The fraction of sp³-hybridized carbons (Fsp3) is 0.350. The summed E-state index contributed by atoms with van der Waals surface area (Å²) in [5.74, 6) is -1.12. The van der Waals surface area contributed by atoms with E-state index in [1.54, 1.807) is 37.3 Å². The largest absolute Gasteiger partial charge is 0.449 e. The number of hydrogen-bond acceptors (Lipinski definition) is 5. The van der Waals surface area contributed by atoms with Gasteiger partial charge < -0.3 is 15.4 Å². The van der Waals surface area contributed by atoms with Crippen molar-refractivity contribution >= 4 is 34.8 Å². The van der Waals surface area contributed by atoms with Crippen molar-refractivity contribution in [2.75, 3.05) is 5.32 Å². The molecule has 27 heavy (non-hydrogen) atoms. The lowest BCUT2D eigenvalue weighted by Gasteiger charge is -2.17. The summed E-state index contributed by atoms with van der Waals surface area (Å²) in [5.41, 5.74) is 0.769. The molecule has 1 fully saturated rings. The van der Waals surface area contributed by atoms with Crippen LogP contribution in [0.15, 0.2) is 41.8 Å². The van der Waals surface area contributed by atoms with Gasteiger partial charge in [0.15, 0.2) is 6.10 Å². The zero-order chi connectivity index (χ0) is 19.2. The third-order valence-electron chi connectivity index (χ3n) is 4.46. The van der Waals surface area contributed by atoms with E-state index in [1.807, 2.05) is 5.38 Å². The number of amides is 2. The van der Waals surface area contributed by atoms with E-state index in [4.69, 9.17) is 4.74 Å². The summed E-state index contributed by atoms with van der Waals surface area (Å²) in [4.78, 5) is 37.2. The maximum atomic E-state index is 12.4. The van der Waals surface area contributed by atoms with E-state index in [2.05, 4.69) is 10.6 Å². The lowest BCUT2D eigenvalue weighted by molar-refractivity contribution is -0.129. The van der Waals surface area contributed by atoms with Crippen LogP contribution in [0.3, 0.4) is 0 Å². The molecule has 1 aromatic heterocycles. The molecule has 1 atom stereocenters. The summed E-state index contributed by atoms with van der Waals surface area (Å²) in [5, 5.41) is 7.49. The Morgan fingerprint density at radius 1 is 1.15 bits per heavy atom. The van der Waals surface area contributed by atoms with Crippen molar-refractivity contribution in [3.63, 3.8) is 0 Å². The molecular weight excluding hydrogens is 364 g/mol. The molecule has 6 nitrogen and oxygen atoms in total. The number of esters is 1. The lowest BCUT2D eigenvalue weighted by Crippen LogP contribution is -2.40. The average molecular weight is 386 g/mol. The molecule has 142 valence electrons. The zero-order valence-electron chi connectivity index (χ0n) is 15.1. The van der Waals surface area contributed by atoms with Crippen molar-refractivity contribution < 1.29 is 19.1 Å². The van der Waals surface area contributed by atoms with Crippen molar-refractivity contribution in [3.8, 4) is 0 Å². The summed E-state index contributed by atoms with van der Waals surface area (Å²) < 4.78 is 5.28. The molecule has 7 heteroatoms. The van der Waals surface area contributed by atoms with Crippen molar-refractivity contribution in [2.45, 2.75) is 44.8 Å². The topological polar surface area (TPSA) is 84.5 Å². The van der Waals surface area contributed by atoms with Gasteiger partial charge in [0.2, 0.25) is 0 Å². The first-order chi connectivity index (χ1) is 13.0. The summed E-state index contributed by atoms with van der Waals surface area (Å²) in [6.07, 6.45) is 3.30. The molecule has 1 aliphatic carbocycles. The lowest BCUT2D eigenvalue weighted by atomic mass is 10.2.